The fraction of sp³-hybridized carbons (Fsp3) is 0.812. The van der Waals surface area contributed by atoms with Crippen LogP contribution in [0, 0.1) is 11.8 Å². The zero-order valence-electron chi connectivity index (χ0n) is 13.8. The lowest BCUT2D eigenvalue weighted by atomic mass is 9.87. The molecule has 0 aromatic rings. The van der Waals surface area contributed by atoms with E-state index < -0.39 is 17.9 Å². The summed E-state index contributed by atoms with van der Waals surface area (Å²) in [6.07, 6.45) is 4.36. The predicted octanol–water partition coefficient (Wildman–Crippen LogP) is 0.629. The van der Waals surface area contributed by atoms with Gasteiger partial charge in [0.2, 0.25) is 11.8 Å². The van der Waals surface area contributed by atoms with E-state index in [1.165, 1.54) is 7.11 Å². The van der Waals surface area contributed by atoms with Crippen LogP contribution in [-0.4, -0.2) is 60.1 Å². The molecule has 2 atom stereocenters. The average Bonchev–Trinajstić information content (AvgIpc) is 2.89. The van der Waals surface area contributed by atoms with E-state index in [0.717, 1.165) is 25.7 Å². The second-order valence-corrected chi connectivity index (χ2v) is 6.72. The third-order valence-corrected chi connectivity index (χ3v) is 4.90. The highest BCUT2D eigenvalue weighted by Crippen LogP contribution is 2.31. The minimum absolute atomic E-state index is 0.00307. The standard InChI is InChI=1S/C16H26N2O5/c1-10-3-5-12(6-4-10)18-8-11(7-14(18)19)15(20)17-13(9-23-2)16(21)22/h10-13H,3-9H2,1-2H3,(H,17,20)(H,21,22). The second kappa shape index (κ2) is 7.77. The molecule has 2 rings (SSSR count). The van der Waals surface area contributed by atoms with Crippen LogP contribution in [0.25, 0.3) is 0 Å². The molecule has 1 saturated carbocycles. The Morgan fingerprint density at radius 1 is 1.35 bits per heavy atom. The zero-order chi connectivity index (χ0) is 17.0. The normalized spacial score (nSPS) is 29.4. The third kappa shape index (κ3) is 4.43. The van der Waals surface area contributed by atoms with Crippen molar-refractivity contribution in [3.05, 3.63) is 0 Å². The van der Waals surface area contributed by atoms with E-state index >= 15 is 0 Å². The van der Waals surface area contributed by atoms with Gasteiger partial charge < -0.3 is 20.1 Å². The van der Waals surface area contributed by atoms with Crippen molar-refractivity contribution in [2.75, 3.05) is 20.3 Å². The molecule has 2 amide bonds. The molecule has 1 aliphatic heterocycles. The highest BCUT2D eigenvalue weighted by Gasteiger charge is 2.39. The molecule has 1 aliphatic carbocycles. The van der Waals surface area contributed by atoms with Crippen molar-refractivity contribution in [1.82, 2.24) is 10.2 Å². The molecule has 2 fully saturated rings. The topological polar surface area (TPSA) is 95.9 Å². The Hall–Kier alpha value is -1.63. The van der Waals surface area contributed by atoms with Gasteiger partial charge in [0, 0.05) is 26.1 Å². The molecular formula is C16H26N2O5. The summed E-state index contributed by atoms with van der Waals surface area (Å²) in [7, 11) is 1.38. The van der Waals surface area contributed by atoms with E-state index in [1.54, 1.807) is 0 Å². The number of carboxylic acid groups (broad SMARTS) is 1. The number of carbonyl (C=O) groups excluding carboxylic acids is 2. The maximum absolute atomic E-state index is 12.3. The number of amides is 2. The third-order valence-electron chi connectivity index (χ3n) is 4.90. The molecule has 130 valence electrons. The summed E-state index contributed by atoms with van der Waals surface area (Å²) < 4.78 is 4.80. The SMILES string of the molecule is COCC(NC(=O)C1CC(=O)N(C2CCC(C)CC2)C1)C(=O)O. The molecule has 0 aromatic heterocycles. The summed E-state index contributed by atoms with van der Waals surface area (Å²) in [4.78, 5) is 37.4. The predicted molar refractivity (Wildman–Crippen MR) is 82.7 cm³/mol. The van der Waals surface area contributed by atoms with Gasteiger partial charge in [-0.15, -0.1) is 0 Å². The summed E-state index contributed by atoms with van der Waals surface area (Å²) in [5, 5.41) is 11.5. The lowest BCUT2D eigenvalue weighted by Crippen LogP contribution is -2.47. The number of ether oxygens (including phenoxy) is 1. The molecule has 1 saturated heterocycles. The van der Waals surface area contributed by atoms with Crippen LogP contribution in [0.15, 0.2) is 0 Å². The first-order chi connectivity index (χ1) is 10.9. The Kier molecular flexibility index (Phi) is 5.98. The van der Waals surface area contributed by atoms with Crippen molar-refractivity contribution in [3.8, 4) is 0 Å². The molecule has 0 aromatic carbocycles. The molecule has 0 bridgehead atoms. The van der Waals surface area contributed by atoms with Crippen molar-refractivity contribution in [2.45, 2.75) is 51.1 Å². The smallest absolute Gasteiger partial charge is 0.328 e. The van der Waals surface area contributed by atoms with Crippen LogP contribution in [0.2, 0.25) is 0 Å². The number of hydrogen-bond donors (Lipinski definition) is 2. The largest absolute Gasteiger partial charge is 0.480 e. The molecule has 0 radical (unpaired) electrons. The second-order valence-electron chi connectivity index (χ2n) is 6.72. The fourth-order valence-corrected chi connectivity index (χ4v) is 3.45. The Bertz CT molecular complexity index is 459. The molecule has 7 nitrogen and oxygen atoms in total. The van der Waals surface area contributed by atoms with Gasteiger partial charge in [-0.2, -0.15) is 0 Å². The van der Waals surface area contributed by atoms with Crippen LogP contribution in [0.4, 0.5) is 0 Å². The maximum atomic E-state index is 12.3. The van der Waals surface area contributed by atoms with Crippen LogP contribution in [0.5, 0.6) is 0 Å². The summed E-state index contributed by atoms with van der Waals surface area (Å²) >= 11 is 0. The van der Waals surface area contributed by atoms with Gasteiger partial charge in [-0.25, -0.2) is 4.79 Å². The quantitative estimate of drug-likeness (QED) is 0.746. The van der Waals surface area contributed by atoms with E-state index in [2.05, 4.69) is 12.2 Å². The number of rotatable bonds is 6. The first-order valence-electron chi connectivity index (χ1n) is 8.24. The van der Waals surface area contributed by atoms with Gasteiger partial charge in [-0.05, 0) is 31.6 Å². The van der Waals surface area contributed by atoms with Crippen LogP contribution < -0.4 is 5.32 Å². The lowest BCUT2D eigenvalue weighted by molar-refractivity contribution is -0.143. The first-order valence-corrected chi connectivity index (χ1v) is 8.24. The molecule has 2 N–H and O–H groups in total. The fourth-order valence-electron chi connectivity index (χ4n) is 3.45. The van der Waals surface area contributed by atoms with Crippen LogP contribution >= 0.6 is 0 Å². The summed E-state index contributed by atoms with van der Waals surface area (Å²) in [6.45, 7) is 2.52. The number of hydrogen-bond acceptors (Lipinski definition) is 4. The summed E-state index contributed by atoms with van der Waals surface area (Å²) in [5.41, 5.74) is 0. The average molecular weight is 326 g/mol. The van der Waals surface area contributed by atoms with Crippen LogP contribution in [-0.2, 0) is 19.1 Å². The number of methoxy groups -OCH3 is 1. The number of likely N-dealkylation sites (tertiary alicyclic amines) is 1. The number of aliphatic carboxylic acids is 1. The molecule has 1 heterocycles. The highest BCUT2D eigenvalue weighted by atomic mass is 16.5. The van der Waals surface area contributed by atoms with Gasteiger partial charge in [0.05, 0.1) is 12.5 Å². The molecule has 23 heavy (non-hydrogen) atoms. The van der Waals surface area contributed by atoms with Crippen molar-refractivity contribution in [2.24, 2.45) is 11.8 Å². The Morgan fingerprint density at radius 2 is 2.00 bits per heavy atom. The van der Waals surface area contributed by atoms with E-state index in [9.17, 15) is 14.4 Å². The van der Waals surface area contributed by atoms with Gasteiger partial charge >= 0.3 is 5.97 Å². The van der Waals surface area contributed by atoms with Gasteiger partial charge in [0.15, 0.2) is 6.04 Å². The Balaban J connectivity index is 1.91. The van der Waals surface area contributed by atoms with E-state index in [0.29, 0.717) is 12.5 Å². The van der Waals surface area contributed by atoms with Gasteiger partial charge in [0.25, 0.3) is 0 Å². The molecular weight excluding hydrogens is 300 g/mol. The van der Waals surface area contributed by atoms with E-state index in [1.807, 2.05) is 4.90 Å². The van der Waals surface area contributed by atoms with Crippen molar-refractivity contribution < 1.29 is 24.2 Å². The molecule has 2 unspecified atom stereocenters. The monoisotopic (exact) mass is 326 g/mol. The van der Waals surface area contributed by atoms with Gasteiger partial charge in [0.1, 0.15) is 0 Å². The first kappa shape index (κ1) is 17.7. The van der Waals surface area contributed by atoms with E-state index in [4.69, 9.17) is 9.84 Å². The molecule has 2 aliphatic rings. The van der Waals surface area contributed by atoms with Gasteiger partial charge in [-0.1, -0.05) is 6.92 Å². The lowest BCUT2D eigenvalue weighted by Gasteiger charge is -2.33. The Labute approximate surface area is 136 Å². The van der Waals surface area contributed by atoms with Crippen LogP contribution in [0.3, 0.4) is 0 Å². The number of carbonyl (C=O) groups is 3. The Morgan fingerprint density at radius 3 is 2.57 bits per heavy atom. The maximum Gasteiger partial charge on any atom is 0.328 e. The molecule has 0 spiro atoms. The van der Waals surface area contributed by atoms with Crippen molar-refractivity contribution >= 4 is 17.8 Å². The number of carboxylic acids is 1. The minimum Gasteiger partial charge on any atom is -0.480 e. The molecule has 7 heteroatoms. The van der Waals surface area contributed by atoms with Crippen molar-refractivity contribution in [3.63, 3.8) is 0 Å². The van der Waals surface area contributed by atoms with Crippen molar-refractivity contribution in [1.29, 1.82) is 0 Å². The van der Waals surface area contributed by atoms with Gasteiger partial charge in [-0.3, -0.25) is 9.59 Å². The number of nitrogens with one attached hydrogen (secondary N) is 1. The van der Waals surface area contributed by atoms with E-state index in [-0.39, 0.29) is 30.9 Å². The van der Waals surface area contributed by atoms with Crippen LogP contribution in [0.1, 0.15) is 39.0 Å². The highest BCUT2D eigenvalue weighted by molar-refractivity contribution is 5.91. The summed E-state index contributed by atoms with van der Waals surface area (Å²) in [6, 6.07) is -0.849. The minimum atomic E-state index is -1.14. The number of nitrogens with zero attached hydrogens (tertiary/aromatic N) is 1. The zero-order valence-corrected chi connectivity index (χ0v) is 13.8. The summed E-state index contributed by atoms with van der Waals surface area (Å²) in [5.74, 6) is -1.28.